The molecular weight excluding hydrogens is 466 g/mol. The number of allylic oxidation sites excluding steroid dienone is 1. The number of rotatable bonds is 8. The van der Waals surface area contributed by atoms with Gasteiger partial charge in [0.25, 0.3) is 0 Å². The summed E-state index contributed by atoms with van der Waals surface area (Å²) in [6.45, 7) is 5.35. The minimum absolute atomic E-state index is 0.0925. The van der Waals surface area contributed by atoms with Gasteiger partial charge in [-0.2, -0.15) is 0 Å². The summed E-state index contributed by atoms with van der Waals surface area (Å²) in [5.41, 5.74) is 8.90. The molecule has 1 fully saturated rings. The molecule has 1 amide bonds. The zero-order valence-corrected chi connectivity index (χ0v) is 22.3. The molecule has 1 aliphatic heterocycles. The molecule has 0 atom stereocenters. The first-order chi connectivity index (χ1) is 17.5. The van der Waals surface area contributed by atoms with Crippen LogP contribution in [0.2, 0.25) is 0 Å². The Balaban J connectivity index is 1.32. The Morgan fingerprint density at radius 2 is 1.86 bits per heavy atom. The molecule has 0 unspecified atom stereocenters. The van der Waals surface area contributed by atoms with Gasteiger partial charge in [-0.1, -0.05) is 5.57 Å². The third-order valence-electron chi connectivity index (χ3n) is 7.03. The zero-order valence-electron chi connectivity index (χ0n) is 21.5. The van der Waals surface area contributed by atoms with Crippen molar-refractivity contribution in [2.24, 2.45) is 0 Å². The molecule has 3 aromatic rings. The number of hydrogen-bond acceptors (Lipinski definition) is 5. The van der Waals surface area contributed by atoms with E-state index in [0.29, 0.717) is 13.1 Å². The summed E-state index contributed by atoms with van der Waals surface area (Å²) in [5, 5.41) is 0. The molecule has 1 saturated heterocycles. The van der Waals surface area contributed by atoms with Crippen LogP contribution in [0, 0.1) is 0 Å². The molecule has 6 nitrogen and oxygen atoms in total. The van der Waals surface area contributed by atoms with E-state index in [9.17, 15) is 4.79 Å². The molecule has 2 aliphatic rings. The number of likely N-dealkylation sites (N-methyl/N-ethyl adjacent to an activating group) is 2. The third kappa shape index (κ3) is 5.68. The fraction of sp³-hybridized carbons (Fsp3) is 0.379. The molecule has 3 heterocycles. The number of anilines is 1. The average molecular weight is 502 g/mol. The summed E-state index contributed by atoms with van der Waals surface area (Å²) >= 11 is 1.62. The molecule has 1 N–H and O–H groups in total. The lowest BCUT2D eigenvalue weighted by Gasteiger charge is -2.23. The van der Waals surface area contributed by atoms with E-state index in [1.165, 1.54) is 46.6 Å². The summed E-state index contributed by atoms with van der Waals surface area (Å²) in [6, 6.07) is 13.0. The van der Waals surface area contributed by atoms with Gasteiger partial charge in [-0.05, 0) is 105 Å². The highest BCUT2D eigenvalue weighted by atomic mass is 32.2. The number of aromatic nitrogens is 2. The van der Waals surface area contributed by atoms with E-state index in [0.717, 1.165) is 36.4 Å². The van der Waals surface area contributed by atoms with Crippen LogP contribution in [-0.2, 0) is 17.8 Å². The smallest absolute Gasteiger partial charge is 0.237 e. The molecule has 5 rings (SSSR count). The van der Waals surface area contributed by atoms with Crippen LogP contribution in [0.1, 0.15) is 43.0 Å². The Morgan fingerprint density at radius 3 is 2.64 bits per heavy atom. The van der Waals surface area contributed by atoms with Gasteiger partial charge in [0.1, 0.15) is 0 Å². The summed E-state index contributed by atoms with van der Waals surface area (Å²) < 4.78 is 2.02. The molecule has 0 spiro atoms. The normalized spacial score (nSPS) is 15.2. The molecule has 0 saturated carbocycles. The van der Waals surface area contributed by atoms with Gasteiger partial charge in [0, 0.05) is 66.6 Å². The topological polar surface area (TPSA) is 55.5 Å². The van der Waals surface area contributed by atoms with E-state index in [1.54, 1.807) is 29.2 Å². The number of hydrogen-bond donors (Lipinski definition) is 1. The fourth-order valence-corrected chi connectivity index (χ4v) is 5.87. The number of carbonyl (C=O) groups is 1. The molecule has 1 aromatic carbocycles. The summed E-state index contributed by atoms with van der Waals surface area (Å²) in [6.07, 6.45) is 10.5. The van der Waals surface area contributed by atoms with Gasteiger partial charge in [0.15, 0.2) is 0 Å². The van der Waals surface area contributed by atoms with E-state index in [2.05, 4.69) is 52.1 Å². The van der Waals surface area contributed by atoms with Crippen molar-refractivity contribution >= 4 is 29.6 Å². The lowest BCUT2D eigenvalue weighted by atomic mass is 9.98. The van der Waals surface area contributed by atoms with Crippen molar-refractivity contribution < 1.29 is 4.79 Å². The lowest BCUT2D eigenvalue weighted by Crippen LogP contribution is -2.33. The molecule has 2 aromatic heterocycles. The molecule has 36 heavy (non-hydrogen) atoms. The van der Waals surface area contributed by atoms with Gasteiger partial charge in [0.2, 0.25) is 5.91 Å². The maximum absolute atomic E-state index is 12.8. The number of aryl methyl sites for hydroxylation is 1. The van der Waals surface area contributed by atoms with Gasteiger partial charge >= 0.3 is 0 Å². The number of benzene rings is 1. The molecule has 0 bridgehead atoms. The minimum Gasteiger partial charge on any atom is -0.371 e. The summed E-state index contributed by atoms with van der Waals surface area (Å²) in [4.78, 5) is 26.0. The first-order valence-corrected chi connectivity index (χ1v) is 13.5. The van der Waals surface area contributed by atoms with Crippen LogP contribution in [-0.4, -0.2) is 58.8 Å². The van der Waals surface area contributed by atoms with Crippen LogP contribution in [0.3, 0.4) is 0 Å². The second-order valence-electron chi connectivity index (χ2n) is 9.97. The number of carbonyl (C=O) groups excluding carboxylic acids is 1. The number of nitrogens with one attached hydrogen (secondary N) is 1. The van der Waals surface area contributed by atoms with Crippen LogP contribution < -0.4 is 4.90 Å². The second-order valence-corrected chi connectivity index (χ2v) is 11.2. The van der Waals surface area contributed by atoms with Crippen molar-refractivity contribution in [1.82, 2.24) is 19.2 Å². The number of amides is 1. The molecule has 7 heteroatoms. The highest BCUT2D eigenvalue weighted by Gasteiger charge is 2.21. The summed E-state index contributed by atoms with van der Waals surface area (Å²) in [5.74, 6) is 0.0925. The van der Waals surface area contributed by atoms with E-state index < -0.39 is 0 Å². The molecule has 1 aliphatic carbocycles. The Bertz CT molecular complexity index is 1250. The number of nitrogens with zero attached hydrogens (tertiary/aromatic N) is 4. The van der Waals surface area contributed by atoms with Crippen molar-refractivity contribution in [3.05, 3.63) is 71.2 Å². The first kappa shape index (κ1) is 24.7. The quantitative estimate of drug-likeness (QED) is 0.406. The SMILES string of the molecule is CC1=Cc2[nH]c(-c3cc(SN(C)CC(=O)N(C)Cc4ccncc4)ccc3N3CCCC3)cc2CC1. The van der Waals surface area contributed by atoms with E-state index >= 15 is 0 Å². The van der Waals surface area contributed by atoms with Crippen molar-refractivity contribution in [2.45, 2.75) is 44.0 Å². The van der Waals surface area contributed by atoms with E-state index in [4.69, 9.17) is 0 Å². The standard InChI is InChI=1S/C29H35N5OS/c1-21-6-7-23-17-27(31-26(23)16-21)25-18-24(8-9-28(25)34-14-4-5-15-34)36-33(3)20-29(35)32(2)19-22-10-12-30-13-11-22/h8-13,16-18,31H,4-7,14-15,19-20H2,1-3H3. The van der Waals surface area contributed by atoms with Gasteiger partial charge in [-0.3, -0.25) is 9.78 Å². The highest BCUT2D eigenvalue weighted by molar-refractivity contribution is 7.97. The highest BCUT2D eigenvalue weighted by Crippen LogP contribution is 2.38. The second kappa shape index (κ2) is 10.9. The predicted molar refractivity (Wildman–Crippen MR) is 149 cm³/mol. The minimum atomic E-state index is 0.0925. The van der Waals surface area contributed by atoms with Crippen LogP contribution in [0.5, 0.6) is 0 Å². The number of H-pyrrole nitrogens is 1. The first-order valence-electron chi connectivity index (χ1n) is 12.8. The lowest BCUT2D eigenvalue weighted by molar-refractivity contribution is -0.130. The van der Waals surface area contributed by atoms with Crippen LogP contribution in [0.4, 0.5) is 5.69 Å². The van der Waals surface area contributed by atoms with E-state index in [1.807, 2.05) is 30.5 Å². The van der Waals surface area contributed by atoms with Gasteiger partial charge < -0.3 is 14.8 Å². The predicted octanol–water partition coefficient (Wildman–Crippen LogP) is 5.62. The van der Waals surface area contributed by atoms with Crippen LogP contribution in [0.15, 0.2) is 59.3 Å². The molecule has 188 valence electrons. The third-order valence-corrected chi connectivity index (χ3v) is 7.94. The Hall–Kier alpha value is -3.03. The van der Waals surface area contributed by atoms with Gasteiger partial charge in [-0.25, -0.2) is 4.31 Å². The average Bonchev–Trinajstić information content (AvgIpc) is 3.54. The Kier molecular flexibility index (Phi) is 7.48. The van der Waals surface area contributed by atoms with Gasteiger partial charge in [0.05, 0.1) is 6.54 Å². The number of aromatic amines is 1. The largest absolute Gasteiger partial charge is 0.371 e. The molecular formula is C29H35N5OS. The number of pyridine rings is 1. The Morgan fingerprint density at radius 1 is 1.08 bits per heavy atom. The van der Waals surface area contributed by atoms with Crippen LogP contribution >= 0.6 is 11.9 Å². The zero-order chi connectivity index (χ0) is 25.1. The van der Waals surface area contributed by atoms with Gasteiger partial charge in [-0.15, -0.1) is 0 Å². The molecule has 0 radical (unpaired) electrons. The van der Waals surface area contributed by atoms with E-state index in [-0.39, 0.29) is 5.91 Å². The van der Waals surface area contributed by atoms with Crippen molar-refractivity contribution in [1.29, 1.82) is 0 Å². The maximum Gasteiger partial charge on any atom is 0.237 e. The summed E-state index contributed by atoms with van der Waals surface area (Å²) in [7, 11) is 3.84. The van der Waals surface area contributed by atoms with Crippen molar-refractivity contribution in [3.8, 4) is 11.3 Å². The maximum atomic E-state index is 12.8. The van der Waals surface area contributed by atoms with Crippen LogP contribution in [0.25, 0.3) is 17.3 Å². The van der Waals surface area contributed by atoms with Crippen molar-refractivity contribution in [3.63, 3.8) is 0 Å². The monoisotopic (exact) mass is 501 g/mol. The van der Waals surface area contributed by atoms with Crippen molar-refractivity contribution in [2.75, 3.05) is 38.6 Å². The number of fused-ring (bicyclic) bond motifs is 1. The Labute approximate surface area is 218 Å². The fourth-order valence-electron chi connectivity index (χ4n) is 5.04.